The van der Waals surface area contributed by atoms with Gasteiger partial charge in [-0.25, -0.2) is 0 Å². The van der Waals surface area contributed by atoms with Crippen molar-refractivity contribution in [2.45, 2.75) is 98.7 Å². The van der Waals surface area contributed by atoms with E-state index in [0.29, 0.717) is 19.3 Å². The number of carbonyl (C=O) groups is 2. The Morgan fingerprint density at radius 3 is 2.12 bits per heavy atom. The summed E-state index contributed by atoms with van der Waals surface area (Å²) in [4.78, 5) is 23.8. The van der Waals surface area contributed by atoms with Crippen LogP contribution in [0.2, 0.25) is 0 Å². The van der Waals surface area contributed by atoms with E-state index in [1.807, 2.05) is 34.6 Å². The molecule has 0 amide bonds. The largest absolute Gasteiger partial charge is 0.393 e. The average Bonchev–Trinajstić information content (AvgIpc) is 2.54. The van der Waals surface area contributed by atoms with E-state index in [2.05, 4.69) is 6.92 Å². The quantitative estimate of drug-likeness (QED) is 0.409. The highest BCUT2D eigenvalue weighted by Gasteiger charge is 2.36. The third-order valence-electron chi connectivity index (χ3n) is 5.06. The molecule has 3 unspecified atom stereocenters. The summed E-state index contributed by atoms with van der Waals surface area (Å²) in [7, 11) is 0. The van der Waals surface area contributed by atoms with Gasteiger partial charge in [-0.05, 0) is 31.6 Å². The standard InChI is InChI=1S/C20H38O5/c1-7-9-11-15(8-2)19(24)25-17(22)13-10-12-16(21)20(5,6)18(23)14(3)4/h14-16,18,21,23H,7-13H2,1-6H3. The molecule has 0 spiro atoms. The van der Waals surface area contributed by atoms with Crippen molar-refractivity contribution in [3.63, 3.8) is 0 Å². The molecule has 0 fully saturated rings. The zero-order valence-corrected chi connectivity index (χ0v) is 16.9. The number of aliphatic hydroxyl groups is 2. The number of hydrogen-bond acceptors (Lipinski definition) is 5. The Kier molecular flexibility index (Phi) is 11.2. The summed E-state index contributed by atoms with van der Waals surface area (Å²) in [5, 5.41) is 20.6. The van der Waals surface area contributed by atoms with E-state index in [9.17, 15) is 19.8 Å². The molecule has 5 heteroatoms. The van der Waals surface area contributed by atoms with Crippen molar-refractivity contribution in [2.24, 2.45) is 17.3 Å². The number of esters is 2. The fraction of sp³-hybridized carbons (Fsp3) is 0.900. The summed E-state index contributed by atoms with van der Waals surface area (Å²) in [5.74, 6) is -1.14. The van der Waals surface area contributed by atoms with Crippen molar-refractivity contribution in [3.8, 4) is 0 Å². The molecule has 0 bridgehead atoms. The number of carbonyl (C=O) groups excluding carboxylic acids is 2. The SMILES string of the molecule is CCCCC(CC)C(=O)OC(=O)CCCC(O)C(C)(C)C(O)C(C)C. The molecule has 5 nitrogen and oxygen atoms in total. The van der Waals surface area contributed by atoms with Crippen molar-refractivity contribution in [3.05, 3.63) is 0 Å². The summed E-state index contributed by atoms with van der Waals surface area (Å²) >= 11 is 0. The second kappa shape index (κ2) is 11.6. The predicted molar refractivity (Wildman–Crippen MR) is 98.9 cm³/mol. The summed E-state index contributed by atoms with van der Waals surface area (Å²) in [5.41, 5.74) is -0.651. The van der Waals surface area contributed by atoms with Gasteiger partial charge in [-0.1, -0.05) is 54.4 Å². The van der Waals surface area contributed by atoms with E-state index in [4.69, 9.17) is 4.74 Å². The van der Waals surface area contributed by atoms with Crippen LogP contribution < -0.4 is 0 Å². The van der Waals surface area contributed by atoms with Gasteiger partial charge < -0.3 is 14.9 Å². The molecule has 0 aromatic rings. The molecular weight excluding hydrogens is 320 g/mol. The first-order valence-electron chi connectivity index (χ1n) is 9.68. The van der Waals surface area contributed by atoms with Crippen LogP contribution in [0, 0.1) is 17.3 Å². The number of aliphatic hydroxyl groups excluding tert-OH is 2. The first-order chi connectivity index (χ1) is 11.6. The maximum Gasteiger partial charge on any atom is 0.316 e. The monoisotopic (exact) mass is 358 g/mol. The van der Waals surface area contributed by atoms with Crippen LogP contribution in [-0.2, 0) is 14.3 Å². The van der Waals surface area contributed by atoms with Gasteiger partial charge in [-0.2, -0.15) is 0 Å². The molecule has 0 aliphatic carbocycles. The molecule has 0 rings (SSSR count). The van der Waals surface area contributed by atoms with Crippen LogP contribution in [0.25, 0.3) is 0 Å². The number of unbranched alkanes of at least 4 members (excludes halogenated alkanes) is 1. The van der Waals surface area contributed by atoms with Gasteiger partial charge in [0.15, 0.2) is 0 Å². The molecule has 0 saturated heterocycles. The molecule has 0 aromatic heterocycles. The van der Waals surface area contributed by atoms with Crippen LogP contribution >= 0.6 is 0 Å². The van der Waals surface area contributed by atoms with Crippen molar-refractivity contribution >= 4 is 11.9 Å². The number of ether oxygens (including phenoxy) is 1. The van der Waals surface area contributed by atoms with E-state index >= 15 is 0 Å². The van der Waals surface area contributed by atoms with E-state index in [-0.39, 0.29) is 18.3 Å². The van der Waals surface area contributed by atoms with Crippen LogP contribution in [0.5, 0.6) is 0 Å². The normalized spacial score (nSPS) is 15.7. The lowest BCUT2D eigenvalue weighted by atomic mass is 9.75. The lowest BCUT2D eigenvalue weighted by Crippen LogP contribution is -2.43. The molecule has 0 radical (unpaired) electrons. The molecule has 0 heterocycles. The second-order valence-corrected chi connectivity index (χ2v) is 7.96. The van der Waals surface area contributed by atoms with E-state index in [0.717, 1.165) is 19.3 Å². The predicted octanol–water partition coefficient (Wildman–Crippen LogP) is 3.85. The summed E-state index contributed by atoms with van der Waals surface area (Å²) in [6.07, 6.45) is 2.93. The minimum atomic E-state index is -0.721. The highest BCUT2D eigenvalue weighted by atomic mass is 16.6. The molecule has 3 atom stereocenters. The van der Waals surface area contributed by atoms with Gasteiger partial charge in [0.2, 0.25) is 0 Å². The Bertz CT molecular complexity index is 403. The number of hydrogen-bond donors (Lipinski definition) is 2. The molecule has 2 N–H and O–H groups in total. The van der Waals surface area contributed by atoms with Crippen molar-refractivity contribution in [2.75, 3.05) is 0 Å². The summed E-state index contributed by atoms with van der Waals surface area (Å²) < 4.78 is 4.94. The molecular formula is C20H38O5. The van der Waals surface area contributed by atoms with Crippen molar-refractivity contribution < 1.29 is 24.5 Å². The Morgan fingerprint density at radius 2 is 1.64 bits per heavy atom. The highest BCUT2D eigenvalue weighted by Crippen LogP contribution is 2.32. The molecule has 0 saturated carbocycles. The van der Waals surface area contributed by atoms with Gasteiger partial charge >= 0.3 is 11.9 Å². The maximum atomic E-state index is 12.0. The Hall–Kier alpha value is -0.940. The molecule has 0 aliphatic heterocycles. The van der Waals surface area contributed by atoms with Crippen LogP contribution in [-0.4, -0.2) is 34.4 Å². The lowest BCUT2D eigenvalue weighted by molar-refractivity contribution is -0.163. The van der Waals surface area contributed by atoms with Gasteiger partial charge in [-0.15, -0.1) is 0 Å². The van der Waals surface area contributed by atoms with Gasteiger partial charge in [0, 0.05) is 11.8 Å². The lowest BCUT2D eigenvalue weighted by Gasteiger charge is -2.37. The second-order valence-electron chi connectivity index (χ2n) is 7.96. The Labute approximate surface area is 153 Å². The van der Waals surface area contributed by atoms with Crippen molar-refractivity contribution in [1.82, 2.24) is 0 Å². The highest BCUT2D eigenvalue weighted by molar-refractivity contribution is 5.86. The fourth-order valence-electron chi connectivity index (χ4n) is 3.05. The minimum Gasteiger partial charge on any atom is -0.393 e. The van der Waals surface area contributed by atoms with Gasteiger partial charge in [0.05, 0.1) is 18.1 Å². The fourth-order valence-corrected chi connectivity index (χ4v) is 3.05. The topological polar surface area (TPSA) is 83.8 Å². The third-order valence-corrected chi connectivity index (χ3v) is 5.06. The van der Waals surface area contributed by atoms with Gasteiger partial charge in [0.25, 0.3) is 0 Å². The zero-order valence-electron chi connectivity index (χ0n) is 16.9. The zero-order chi connectivity index (χ0) is 19.6. The van der Waals surface area contributed by atoms with E-state index in [1.165, 1.54) is 0 Å². The first-order valence-corrected chi connectivity index (χ1v) is 9.68. The van der Waals surface area contributed by atoms with Gasteiger partial charge in [-0.3, -0.25) is 9.59 Å². The molecule has 25 heavy (non-hydrogen) atoms. The van der Waals surface area contributed by atoms with Crippen LogP contribution in [0.3, 0.4) is 0 Å². The van der Waals surface area contributed by atoms with Gasteiger partial charge in [0.1, 0.15) is 0 Å². The van der Waals surface area contributed by atoms with Crippen LogP contribution in [0.4, 0.5) is 0 Å². The Morgan fingerprint density at radius 1 is 1.04 bits per heavy atom. The van der Waals surface area contributed by atoms with E-state index in [1.54, 1.807) is 0 Å². The van der Waals surface area contributed by atoms with Crippen LogP contribution in [0.15, 0.2) is 0 Å². The number of rotatable bonds is 12. The summed E-state index contributed by atoms with van der Waals surface area (Å²) in [6, 6.07) is 0. The van der Waals surface area contributed by atoms with E-state index < -0.39 is 29.6 Å². The maximum absolute atomic E-state index is 12.0. The smallest absolute Gasteiger partial charge is 0.316 e. The van der Waals surface area contributed by atoms with Crippen molar-refractivity contribution in [1.29, 1.82) is 0 Å². The first kappa shape index (κ1) is 24.1. The third kappa shape index (κ3) is 8.32. The average molecular weight is 359 g/mol. The van der Waals surface area contributed by atoms with Crippen LogP contribution in [0.1, 0.15) is 86.5 Å². The Balaban J connectivity index is 4.32. The molecule has 148 valence electrons. The molecule has 0 aromatic carbocycles. The molecule has 0 aliphatic rings. The minimum absolute atomic E-state index is 0.0429. The summed E-state index contributed by atoms with van der Waals surface area (Å²) in [6.45, 7) is 11.4.